The topological polar surface area (TPSA) is 75.6 Å². The highest BCUT2D eigenvalue weighted by Crippen LogP contribution is 2.67. The van der Waals surface area contributed by atoms with E-state index in [-0.39, 0.29) is 6.61 Å². The maximum absolute atomic E-state index is 8.64. The summed E-state index contributed by atoms with van der Waals surface area (Å²) in [5.41, 5.74) is 2.65. The molecule has 8 atom stereocenters. The van der Waals surface area contributed by atoms with E-state index >= 15 is 0 Å². The predicted molar refractivity (Wildman–Crippen MR) is 184 cm³/mol. The van der Waals surface area contributed by atoms with Gasteiger partial charge in [0.2, 0.25) is 0 Å². The van der Waals surface area contributed by atoms with Crippen molar-refractivity contribution in [3.8, 4) is 0 Å². The van der Waals surface area contributed by atoms with Gasteiger partial charge in [-0.1, -0.05) is 65.5 Å². The third kappa shape index (κ3) is 10.5. The van der Waals surface area contributed by atoms with Crippen LogP contribution in [-0.4, -0.2) is 90.5 Å². The first-order valence-corrected chi connectivity index (χ1v) is 19.1. The molecule has 0 aliphatic heterocycles. The van der Waals surface area contributed by atoms with Gasteiger partial charge in [-0.3, -0.25) is 0 Å². The second-order valence-electron chi connectivity index (χ2n) is 15.8. The van der Waals surface area contributed by atoms with Crippen LogP contribution < -0.4 is 0 Å². The normalized spacial score (nSPS) is 33.0. The second kappa shape index (κ2) is 19.6. The quantitative estimate of drug-likeness (QED) is 0.0908. The Morgan fingerprint density at radius 3 is 1.93 bits per heavy atom. The summed E-state index contributed by atoms with van der Waals surface area (Å²) in [6.45, 7) is 18.6. The van der Waals surface area contributed by atoms with E-state index in [9.17, 15) is 0 Å². The molecule has 0 aromatic carbocycles. The molecule has 3 fully saturated rings. The number of hydrogen-bond donors (Lipinski definition) is 1. The molecule has 0 radical (unpaired) electrons. The van der Waals surface area contributed by atoms with E-state index in [1.165, 1.54) is 64.2 Å². The zero-order valence-corrected chi connectivity index (χ0v) is 30.3. The maximum Gasteiger partial charge on any atom is 0.0704 e. The molecule has 46 heavy (non-hydrogen) atoms. The number of aliphatic hydroxyl groups is 1. The molecular weight excluding hydrogens is 580 g/mol. The van der Waals surface area contributed by atoms with Gasteiger partial charge in [0.15, 0.2) is 0 Å². The van der Waals surface area contributed by atoms with Crippen molar-refractivity contribution in [3.63, 3.8) is 0 Å². The average molecular weight is 651 g/mol. The molecule has 0 aromatic rings. The fraction of sp³-hybridized carbons (Fsp3) is 0.949. The van der Waals surface area contributed by atoms with Crippen LogP contribution in [0.4, 0.5) is 0 Å². The molecule has 4 aliphatic rings. The Hall–Kier alpha value is -0.540. The second-order valence-corrected chi connectivity index (χ2v) is 15.8. The van der Waals surface area contributed by atoms with Gasteiger partial charge in [0, 0.05) is 0 Å². The van der Waals surface area contributed by atoms with Gasteiger partial charge in [-0.2, -0.15) is 0 Å². The summed E-state index contributed by atoms with van der Waals surface area (Å²) in [4.78, 5) is 0. The monoisotopic (exact) mass is 651 g/mol. The molecule has 0 amide bonds. The van der Waals surface area contributed by atoms with E-state index in [2.05, 4.69) is 40.7 Å². The van der Waals surface area contributed by atoms with Gasteiger partial charge in [0.25, 0.3) is 0 Å². The highest BCUT2D eigenvalue weighted by molar-refractivity contribution is 5.25. The van der Waals surface area contributed by atoms with E-state index in [1.807, 2.05) is 0 Å². The standard InChI is InChI=1S/C39H70O7/c1-30(2)7-6-8-31(3)35-11-12-36-34-10-9-32-29-33(13-15-38(32,4)37(34)14-16-39(35,36)5)46-28-27-45-26-25-44-24-23-43-22-21-42-20-19-41-18-17-40/h9,30-31,33-37,40H,6-8,10-29H2,1-5H3/t31-,33-,34+,35-,36+,37+,38+,39-/m1/s1. The number of fused-ring (bicyclic) bond motifs is 5. The van der Waals surface area contributed by atoms with Crippen molar-refractivity contribution in [1.82, 2.24) is 0 Å². The minimum absolute atomic E-state index is 0.0418. The van der Waals surface area contributed by atoms with Crippen LogP contribution in [0.3, 0.4) is 0 Å². The van der Waals surface area contributed by atoms with Crippen LogP contribution in [0.5, 0.6) is 0 Å². The molecule has 3 saturated carbocycles. The van der Waals surface area contributed by atoms with E-state index in [0.717, 1.165) is 41.9 Å². The molecule has 0 bridgehead atoms. The Morgan fingerprint density at radius 2 is 1.33 bits per heavy atom. The summed E-state index contributed by atoms with van der Waals surface area (Å²) >= 11 is 0. The Balaban J connectivity index is 1.07. The van der Waals surface area contributed by atoms with Crippen LogP contribution in [0.15, 0.2) is 11.6 Å². The van der Waals surface area contributed by atoms with Gasteiger partial charge in [0.05, 0.1) is 85.4 Å². The largest absolute Gasteiger partial charge is 0.394 e. The third-order valence-electron chi connectivity index (χ3n) is 12.6. The van der Waals surface area contributed by atoms with Crippen molar-refractivity contribution < 1.29 is 33.5 Å². The molecule has 0 saturated heterocycles. The van der Waals surface area contributed by atoms with Crippen molar-refractivity contribution in [3.05, 3.63) is 11.6 Å². The zero-order chi connectivity index (χ0) is 32.8. The molecule has 0 unspecified atom stereocenters. The SMILES string of the molecule is CC(C)CCC[C@@H](C)[C@H]1CC[C@H]2[C@@H]3CC=C4C[C@H](OCCOCCOCCOCCOCCOCCO)CC[C@]4(C)[C@H]3CC[C@]12C. The van der Waals surface area contributed by atoms with Crippen LogP contribution in [0.1, 0.15) is 105 Å². The Kier molecular flexibility index (Phi) is 16.3. The molecule has 1 N–H and O–H groups in total. The lowest BCUT2D eigenvalue weighted by molar-refractivity contribution is -0.0692. The highest BCUT2D eigenvalue weighted by Gasteiger charge is 2.59. The lowest BCUT2D eigenvalue weighted by Gasteiger charge is -2.58. The van der Waals surface area contributed by atoms with Crippen molar-refractivity contribution in [1.29, 1.82) is 0 Å². The molecule has 4 aliphatic carbocycles. The van der Waals surface area contributed by atoms with Crippen molar-refractivity contribution in [2.75, 3.05) is 79.3 Å². The molecule has 7 heteroatoms. The first kappa shape index (κ1) is 38.3. The summed E-state index contributed by atoms with van der Waals surface area (Å²) in [5.74, 6) is 5.33. The summed E-state index contributed by atoms with van der Waals surface area (Å²) in [6, 6.07) is 0. The third-order valence-corrected chi connectivity index (χ3v) is 12.6. The molecular formula is C39H70O7. The predicted octanol–water partition coefficient (Wildman–Crippen LogP) is 7.49. The molecule has 0 heterocycles. The maximum atomic E-state index is 8.64. The van der Waals surface area contributed by atoms with Crippen molar-refractivity contribution >= 4 is 0 Å². The van der Waals surface area contributed by atoms with Gasteiger partial charge in [0.1, 0.15) is 0 Å². The average Bonchev–Trinajstić information content (AvgIpc) is 3.39. The van der Waals surface area contributed by atoms with Crippen LogP contribution in [0.25, 0.3) is 0 Å². The van der Waals surface area contributed by atoms with Gasteiger partial charge in [-0.15, -0.1) is 0 Å². The van der Waals surface area contributed by atoms with E-state index in [1.54, 1.807) is 5.57 Å². The smallest absolute Gasteiger partial charge is 0.0704 e. The van der Waals surface area contributed by atoms with Crippen molar-refractivity contribution in [2.45, 2.75) is 111 Å². The Labute approximate surface area is 281 Å². The first-order valence-electron chi connectivity index (χ1n) is 19.1. The minimum Gasteiger partial charge on any atom is -0.394 e. The summed E-state index contributed by atoms with van der Waals surface area (Å²) in [7, 11) is 0. The van der Waals surface area contributed by atoms with E-state index in [0.29, 0.717) is 89.6 Å². The minimum atomic E-state index is 0.0418. The highest BCUT2D eigenvalue weighted by atomic mass is 16.6. The molecule has 7 nitrogen and oxygen atoms in total. The van der Waals surface area contributed by atoms with Gasteiger partial charge >= 0.3 is 0 Å². The number of ether oxygens (including phenoxy) is 6. The number of allylic oxidation sites excluding steroid dienone is 1. The molecule has 0 spiro atoms. The summed E-state index contributed by atoms with van der Waals surface area (Å²) in [5, 5.41) is 8.64. The van der Waals surface area contributed by atoms with Gasteiger partial charge in [-0.25, -0.2) is 0 Å². The van der Waals surface area contributed by atoms with E-state index < -0.39 is 0 Å². The lowest BCUT2D eigenvalue weighted by Crippen LogP contribution is -2.51. The fourth-order valence-corrected chi connectivity index (χ4v) is 10.1. The fourth-order valence-electron chi connectivity index (χ4n) is 10.1. The van der Waals surface area contributed by atoms with E-state index in [4.69, 9.17) is 33.5 Å². The summed E-state index contributed by atoms with van der Waals surface area (Å²) < 4.78 is 33.8. The molecule has 0 aromatic heterocycles. The number of aliphatic hydroxyl groups excluding tert-OH is 1. The van der Waals surface area contributed by atoms with Crippen LogP contribution in [0, 0.1) is 46.3 Å². The van der Waals surface area contributed by atoms with Crippen LogP contribution >= 0.6 is 0 Å². The lowest BCUT2D eigenvalue weighted by atomic mass is 9.47. The van der Waals surface area contributed by atoms with Crippen LogP contribution in [0.2, 0.25) is 0 Å². The zero-order valence-electron chi connectivity index (χ0n) is 30.3. The molecule has 4 rings (SSSR count). The van der Waals surface area contributed by atoms with Gasteiger partial charge < -0.3 is 33.5 Å². The molecule has 268 valence electrons. The van der Waals surface area contributed by atoms with Gasteiger partial charge in [-0.05, 0) is 97.7 Å². The Bertz CT molecular complexity index is 878. The van der Waals surface area contributed by atoms with Crippen LogP contribution in [-0.2, 0) is 28.4 Å². The summed E-state index contributed by atoms with van der Waals surface area (Å²) in [6.07, 6.45) is 18.0. The first-order chi connectivity index (χ1) is 22.3. The van der Waals surface area contributed by atoms with Crippen molar-refractivity contribution in [2.24, 2.45) is 46.3 Å². The number of rotatable bonds is 23. The Morgan fingerprint density at radius 1 is 0.717 bits per heavy atom. The number of hydrogen-bond acceptors (Lipinski definition) is 7.